The summed E-state index contributed by atoms with van der Waals surface area (Å²) in [6.07, 6.45) is 0.972. The lowest BCUT2D eigenvalue weighted by Crippen LogP contribution is -2.37. The van der Waals surface area contributed by atoms with Gasteiger partial charge in [-0.3, -0.25) is 9.59 Å². The van der Waals surface area contributed by atoms with E-state index < -0.39 is 0 Å². The van der Waals surface area contributed by atoms with Gasteiger partial charge in [-0.1, -0.05) is 37.6 Å². The molecule has 1 aliphatic heterocycles. The van der Waals surface area contributed by atoms with E-state index in [0.717, 1.165) is 11.3 Å². The molecule has 0 spiro atoms. The second-order valence-corrected chi connectivity index (χ2v) is 5.56. The van der Waals surface area contributed by atoms with Crippen LogP contribution in [0, 0.1) is 5.92 Å². The molecule has 2 rings (SSSR count). The van der Waals surface area contributed by atoms with E-state index in [9.17, 15) is 9.59 Å². The fraction of sp³-hybridized carbons (Fsp3) is 0.400. The first-order valence-electron chi connectivity index (χ1n) is 6.64. The van der Waals surface area contributed by atoms with Crippen LogP contribution >= 0.6 is 11.6 Å². The van der Waals surface area contributed by atoms with E-state index in [2.05, 4.69) is 5.10 Å². The number of ketones is 1. The van der Waals surface area contributed by atoms with E-state index >= 15 is 0 Å². The van der Waals surface area contributed by atoms with Gasteiger partial charge in [0, 0.05) is 23.8 Å². The Morgan fingerprint density at radius 3 is 2.55 bits per heavy atom. The monoisotopic (exact) mass is 292 g/mol. The molecule has 0 fully saturated rings. The van der Waals surface area contributed by atoms with E-state index in [1.165, 1.54) is 5.01 Å². The smallest absolute Gasteiger partial charge is 0.243 e. The second kappa shape index (κ2) is 6.18. The Balaban J connectivity index is 2.20. The molecule has 0 N–H and O–H groups in total. The Kier molecular flexibility index (Phi) is 4.55. The molecule has 0 bridgehead atoms. The number of halogens is 1. The summed E-state index contributed by atoms with van der Waals surface area (Å²) >= 11 is 5.86. The highest BCUT2D eigenvalue weighted by atomic mass is 35.5. The summed E-state index contributed by atoms with van der Waals surface area (Å²) in [7, 11) is 0. The number of carbonyl (C=O) groups is 2. The summed E-state index contributed by atoms with van der Waals surface area (Å²) in [5.74, 6) is -0.185. The van der Waals surface area contributed by atoms with Gasteiger partial charge in [-0.05, 0) is 17.7 Å². The maximum atomic E-state index is 11.8. The predicted molar refractivity (Wildman–Crippen MR) is 78.8 cm³/mol. The molecule has 0 radical (unpaired) electrons. The molecule has 106 valence electrons. The van der Waals surface area contributed by atoms with E-state index in [1.807, 2.05) is 26.0 Å². The molecule has 0 aliphatic carbocycles. The van der Waals surface area contributed by atoms with Gasteiger partial charge in [0.1, 0.15) is 6.54 Å². The Labute approximate surface area is 123 Å². The van der Waals surface area contributed by atoms with E-state index in [4.69, 9.17) is 11.6 Å². The normalized spacial score (nSPS) is 15.5. The number of Topliss-reactive ketones (excluding diaryl/α,β-unsaturated/α-hetero) is 1. The largest absolute Gasteiger partial charge is 0.297 e. The number of benzene rings is 1. The average Bonchev–Trinajstić information content (AvgIpc) is 2.42. The summed E-state index contributed by atoms with van der Waals surface area (Å²) in [6.45, 7) is 3.69. The Morgan fingerprint density at radius 1 is 1.30 bits per heavy atom. The molecular weight excluding hydrogens is 276 g/mol. The van der Waals surface area contributed by atoms with Crippen molar-refractivity contribution in [3.05, 3.63) is 34.9 Å². The zero-order valence-electron chi connectivity index (χ0n) is 11.6. The van der Waals surface area contributed by atoms with Crippen molar-refractivity contribution in [3.63, 3.8) is 0 Å². The van der Waals surface area contributed by atoms with Gasteiger partial charge in [0.25, 0.3) is 0 Å². The maximum absolute atomic E-state index is 11.8. The number of hydrogen-bond acceptors (Lipinski definition) is 3. The predicted octanol–water partition coefficient (Wildman–Crippen LogP) is 2.89. The van der Waals surface area contributed by atoms with Crippen LogP contribution in [0.3, 0.4) is 0 Å². The molecule has 0 aromatic heterocycles. The van der Waals surface area contributed by atoms with Crippen molar-refractivity contribution in [2.24, 2.45) is 11.0 Å². The standard InChI is InChI=1S/C15H17ClN2O2/c1-10(2)14(19)9-18-15(20)8-7-13(17-18)11-3-5-12(16)6-4-11/h3-6,10H,7-9H2,1-2H3. The number of hydrazone groups is 1. The molecule has 20 heavy (non-hydrogen) atoms. The maximum Gasteiger partial charge on any atom is 0.243 e. The molecule has 1 heterocycles. The van der Waals surface area contributed by atoms with Crippen molar-refractivity contribution in [2.75, 3.05) is 6.54 Å². The molecule has 1 aliphatic rings. The summed E-state index contributed by atoms with van der Waals surface area (Å²) in [5, 5.41) is 6.27. The van der Waals surface area contributed by atoms with Gasteiger partial charge in [0.2, 0.25) is 5.91 Å². The van der Waals surface area contributed by atoms with Crippen LogP contribution < -0.4 is 0 Å². The van der Waals surface area contributed by atoms with Crippen LogP contribution in [-0.2, 0) is 9.59 Å². The van der Waals surface area contributed by atoms with Gasteiger partial charge in [0.15, 0.2) is 5.78 Å². The number of nitrogens with zero attached hydrogens (tertiary/aromatic N) is 2. The van der Waals surface area contributed by atoms with Crippen LogP contribution in [0.4, 0.5) is 0 Å². The number of carbonyl (C=O) groups excluding carboxylic acids is 2. The first-order valence-corrected chi connectivity index (χ1v) is 7.01. The van der Waals surface area contributed by atoms with Crippen LogP contribution in [0.2, 0.25) is 5.02 Å². The van der Waals surface area contributed by atoms with Crippen molar-refractivity contribution in [1.82, 2.24) is 5.01 Å². The molecule has 1 aromatic rings. The van der Waals surface area contributed by atoms with E-state index in [-0.39, 0.29) is 24.2 Å². The zero-order chi connectivity index (χ0) is 14.7. The van der Waals surface area contributed by atoms with Crippen LogP contribution in [0.15, 0.2) is 29.4 Å². The van der Waals surface area contributed by atoms with Gasteiger partial charge < -0.3 is 0 Å². The molecular formula is C15H17ClN2O2. The lowest BCUT2D eigenvalue weighted by atomic mass is 10.0. The minimum atomic E-state index is -0.100. The summed E-state index contributed by atoms with van der Waals surface area (Å²) in [5.41, 5.74) is 1.75. The number of hydrogen-bond donors (Lipinski definition) is 0. The SMILES string of the molecule is CC(C)C(=O)CN1N=C(c2ccc(Cl)cc2)CCC1=O. The van der Waals surface area contributed by atoms with Crippen molar-refractivity contribution in [3.8, 4) is 0 Å². The zero-order valence-corrected chi connectivity index (χ0v) is 12.4. The van der Waals surface area contributed by atoms with Gasteiger partial charge >= 0.3 is 0 Å². The lowest BCUT2D eigenvalue weighted by molar-refractivity contribution is -0.136. The molecule has 5 heteroatoms. The Bertz CT molecular complexity index is 549. The fourth-order valence-corrected chi connectivity index (χ4v) is 2.03. The average molecular weight is 293 g/mol. The third kappa shape index (κ3) is 3.45. The van der Waals surface area contributed by atoms with Crippen LogP contribution in [-0.4, -0.2) is 29.0 Å². The second-order valence-electron chi connectivity index (χ2n) is 5.13. The molecule has 4 nitrogen and oxygen atoms in total. The molecule has 0 atom stereocenters. The Hall–Kier alpha value is -1.68. The van der Waals surface area contributed by atoms with Crippen LogP contribution in [0.25, 0.3) is 0 Å². The summed E-state index contributed by atoms with van der Waals surface area (Å²) < 4.78 is 0. The van der Waals surface area contributed by atoms with E-state index in [0.29, 0.717) is 17.9 Å². The summed E-state index contributed by atoms with van der Waals surface area (Å²) in [4.78, 5) is 23.6. The van der Waals surface area contributed by atoms with Gasteiger partial charge in [-0.25, -0.2) is 5.01 Å². The van der Waals surface area contributed by atoms with Gasteiger partial charge in [0.05, 0.1) is 5.71 Å². The first kappa shape index (κ1) is 14.7. The minimum Gasteiger partial charge on any atom is -0.297 e. The highest BCUT2D eigenvalue weighted by Gasteiger charge is 2.24. The number of rotatable bonds is 4. The Morgan fingerprint density at radius 2 is 1.95 bits per heavy atom. The van der Waals surface area contributed by atoms with Gasteiger partial charge in [-0.2, -0.15) is 5.10 Å². The topological polar surface area (TPSA) is 49.7 Å². The molecule has 0 saturated heterocycles. The molecule has 0 unspecified atom stereocenters. The van der Waals surface area contributed by atoms with Gasteiger partial charge in [-0.15, -0.1) is 0 Å². The highest BCUT2D eigenvalue weighted by Crippen LogP contribution is 2.17. The first-order chi connectivity index (χ1) is 9.47. The minimum absolute atomic E-state index is 0.0134. The number of amides is 1. The van der Waals surface area contributed by atoms with Crippen molar-refractivity contribution >= 4 is 29.0 Å². The lowest BCUT2D eigenvalue weighted by Gasteiger charge is -2.23. The van der Waals surface area contributed by atoms with Crippen molar-refractivity contribution < 1.29 is 9.59 Å². The van der Waals surface area contributed by atoms with Crippen molar-refractivity contribution in [1.29, 1.82) is 0 Å². The summed E-state index contributed by atoms with van der Waals surface area (Å²) in [6, 6.07) is 7.33. The van der Waals surface area contributed by atoms with Crippen LogP contribution in [0.1, 0.15) is 32.3 Å². The molecule has 0 saturated carbocycles. The van der Waals surface area contributed by atoms with E-state index in [1.54, 1.807) is 12.1 Å². The molecule has 1 aromatic carbocycles. The highest BCUT2D eigenvalue weighted by molar-refractivity contribution is 6.30. The van der Waals surface area contributed by atoms with Crippen molar-refractivity contribution in [2.45, 2.75) is 26.7 Å². The van der Waals surface area contributed by atoms with Crippen LogP contribution in [0.5, 0.6) is 0 Å². The quantitative estimate of drug-likeness (QED) is 0.857. The molecule has 1 amide bonds. The third-order valence-corrected chi connectivity index (χ3v) is 3.48. The third-order valence-electron chi connectivity index (χ3n) is 3.23. The fourth-order valence-electron chi connectivity index (χ4n) is 1.90.